The molecule has 0 atom stereocenters. The number of anilines is 1. The standard InChI is InChI=1S/C10H13N3O3/c1-7-2-3-8(11-4-7)12-5-9(14)13-6-10(15)16/h2-4H,5-6H2,1H3,(H,11,12)(H,13,14)(H,15,16). The summed E-state index contributed by atoms with van der Waals surface area (Å²) >= 11 is 0. The lowest BCUT2D eigenvalue weighted by Crippen LogP contribution is -2.33. The molecule has 1 heterocycles. The van der Waals surface area contributed by atoms with Crippen molar-refractivity contribution < 1.29 is 14.7 Å². The number of nitrogens with zero attached hydrogens (tertiary/aromatic N) is 1. The summed E-state index contributed by atoms with van der Waals surface area (Å²) < 4.78 is 0. The molecule has 1 aromatic rings. The van der Waals surface area contributed by atoms with E-state index in [2.05, 4.69) is 15.6 Å². The SMILES string of the molecule is Cc1ccc(NCC(=O)NCC(=O)O)nc1. The highest BCUT2D eigenvalue weighted by Crippen LogP contribution is 2.02. The van der Waals surface area contributed by atoms with Crippen LogP contribution in [0.3, 0.4) is 0 Å². The molecule has 6 nitrogen and oxygen atoms in total. The van der Waals surface area contributed by atoms with Crippen LogP contribution in [-0.2, 0) is 9.59 Å². The maximum absolute atomic E-state index is 11.1. The molecule has 0 fully saturated rings. The predicted molar refractivity (Wildman–Crippen MR) is 58.1 cm³/mol. The number of aryl methyl sites for hydroxylation is 1. The molecule has 0 bridgehead atoms. The second-order valence-electron chi connectivity index (χ2n) is 3.24. The fraction of sp³-hybridized carbons (Fsp3) is 0.300. The maximum Gasteiger partial charge on any atom is 0.322 e. The fourth-order valence-electron chi connectivity index (χ4n) is 0.980. The van der Waals surface area contributed by atoms with E-state index in [-0.39, 0.29) is 19.0 Å². The summed E-state index contributed by atoms with van der Waals surface area (Å²) in [7, 11) is 0. The van der Waals surface area contributed by atoms with Crippen LogP contribution in [0.2, 0.25) is 0 Å². The molecule has 1 rings (SSSR count). The van der Waals surface area contributed by atoms with E-state index in [1.807, 2.05) is 13.0 Å². The highest BCUT2D eigenvalue weighted by molar-refractivity contribution is 5.84. The first-order chi connectivity index (χ1) is 7.58. The Bertz CT molecular complexity index is 375. The fourth-order valence-corrected chi connectivity index (χ4v) is 0.980. The van der Waals surface area contributed by atoms with E-state index in [4.69, 9.17) is 5.11 Å². The molecule has 0 aromatic carbocycles. The Hall–Kier alpha value is -2.11. The van der Waals surface area contributed by atoms with Crippen molar-refractivity contribution >= 4 is 17.7 Å². The monoisotopic (exact) mass is 223 g/mol. The molecule has 3 N–H and O–H groups in total. The number of carboxylic acid groups (broad SMARTS) is 1. The van der Waals surface area contributed by atoms with Crippen molar-refractivity contribution in [2.45, 2.75) is 6.92 Å². The highest BCUT2D eigenvalue weighted by Gasteiger charge is 2.03. The smallest absolute Gasteiger partial charge is 0.322 e. The number of amides is 1. The first-order valence-electron chi connectivity index (χ1n) is 4.73. The van der Waals surface area contributed by atoms with Gasteiger partial charge in [0.25, 0.3) is 0 Å². The normalized spacial score (nSPS) is 9.56. The number of nitrogens with one attached hydrogen (secondary N) is 2. The lowest BCUT2D eigenvalue weighted by atomic mass is 10.3. The van der Waals surface area contributed by atoms with Crippen LogP contribution in [0.25, 0.3) is 0 Å². The number of rotatable bonds is 5. The van der Waals surface area contributed by atoms with Gasteiger partial charge in [0.2, 0.25) is 5.91 Å². The van der Waals surface area contributed by atoms with Crippen molar-refractivity contribution in [1.82, 2.24) is 10.3 Å². The lowest BCUT2D eigenvalue weighted by molar-refractivity contribution is -0.137. The average molecular weight is 223 g/mol. The van der Waals surface area contributed by atoms with E-state index in [9.17, 15) is 9.59 Å². The Balaban J connectivity index is 2.31. The molecule has 0 unspecified atom stereocenters. The summed E-state index contributed by atoms with van der Waals surface area (Å²) in [5.41, 5.74) is 1.03. The third-order valence-corrected chi connectivity index (χ3v) is 1.78. The van der Waals surface area contributed by atoms with E-state index in [0.717, 1.165) is 5.56 Å². The number of aromatic nitrogens is 1. The molecule has 1 amide bonds. The minimum Gasteiger partial charge on any atom is -0.480 e. The minimum absolute atomic E-state index is 0.00331. The Morgan fingerprint density at radius 2 is 2.12 bits per heavy atom. The van der Waals surface area contributed by atoms with Gasteiger partial charge < -0.3 is 15.7 Å². The molecule has 0 radical (unpaired) electrons. The minimum atomic E-state index is -1.07. The van der Waals surface area contributed by atoms with Gasteiger partial charge in [-0.05, 0) is 18.6 Å². The van der Waals surface area contributed by atoms with Crippen LogP contribution in [-0.4, -0.2) is 35.1 Å². The zero-order valence-electron chi connectivity index (χ0n) is 8.86. The van der Waals surface area contributed by atoms with Crippen LogP contribution in [0.15, 0.2) is 18.3 Å². The topological polar surface area (TPSA) is 91.3 Å². The molecular formula is C10H13N3O3. The van der Waals surface area contributed by atoms with Crippen LogP contribution in [0.5, 0.6) is 0 Å². The van der Waals surface area contributed by atoms with E-state index in [1.165, 1.54) is 0 Å². The summed E-state index contributed by atoms with van der Waals surface area (Å²) in [6, 6.07) is 3.62. The Morgan fingerprint density at radius 1 is 1.38 bits per heavy atom. The van der Waals surface area contributed by atoms with Gasteiger partial charge in [-0.15, -0.1) is 0 Å². The van der Waals surface area contributed by atoms with Gasteiger partial charge in [-0.25, -0.2) is 4.98 Å². The summed E-state index contributed by atoms with van der Waals surface area (Å²) in [5.74, 6) is -0.873. The van der Waals surface area contributed by atoms with Crippen molar-refractivity contribution in [3.63, 3.8) is 0 Å². The number of carbonyl (C=O) groups is 2. The molecule has 16 heavy (non-hydrogen) atoms. The zero-order chi connectivity index (χ0) is 12.0. The Kier molecular flexibility index (Phi) is 4.26. The van der Waals surface area contributed by atoms with Gasteiger partial charge in [0, 0.05) is 6.20 Å². The summed E-state index contributed by atoms with van der Waals surface area (Å²) in [4.78, 5) is 25.3. The van der Waals surface area contributed by atoms with Crippen LogP contribution < -0.4 is 10.6 Å². The van der Waals surface area contributed by atoms with E-state index in [1.54, 1.807) is 12.3 Å². The molecule has 1 aromatic heterocycles. The lowest BCUT2D eigenvalue weighted by Gasteiger charge is -2.05. The van der Waals surface area contributed by atoms with Crippen molar-refractivity contribution in [2.75, 3.05) is 18.4 Å². The van der Waals surface area contributed by atoms with Crippen molar-refractivity contribution in [3.05, 3.63) is 23.9 Å². The van der Waals surface area contributed by atoms with Gasteiger partial charge >= 0.3 is 5.97 Å². The number of carboxylic acids is 1. The average Bonchev–Trinajstić information content (AvgIpc) is 2.25. The van der Waals surface area contributed by atoms with Crippen molar-refractivity contribution in [2.24, 2.45) is 0 Å². The van der Waals surface area contributed by atoms with Crippen LogP contribution in [0, 0.1) is 6.92 Å². The van der Waals surface area contributed by atoms with Gasteiger partial charge in [0.1, 0.15) is 12.4 Å². The molecule has 0 aliphatic heterocycles. The van der Waals surface area contributed by atoms with E-state index >= 15 is 0 Å². The summed E-state index contributed by atoms with van der Waals surface area (Å²) in [5, 5.41) is 13.3. The Morgan fingerprint density at radius 3 is 2.69 bits per heavy atom. The number of hydrogen-bond acceptors (Lipinski definition) is 4. The molecule has 0 saturated carbocycles. The molecular weight excluding hydrogens is 210 g/mol. The highest BCUT2D eigenvalue weighted by atomic mass is 16.4. The number of carbonyl (C=O) groups excluding carboxylic acids is 1. The third kappa shape index (κ3) is 4.41. The first kappa shape index (κ1) is 12.0. The van der Waals surface area contributed by atoms with Crippen LogP contribution >= 0.6 is 0 Å². The molecule has 86 valence electrons. The van der Waals surface area contributed by atoms with Gasteiger partial charge in [-0.3, -0.25) is 9.59 Å². The summed E-state index contributed by atoms with van der Waals surface area (Å²) in [6.07, 6.45) is 1.68. The van der Waals surface area contributed by atoms with Crippen molar-refractivity contribution in [1.29, 1.82) is 0 Å². The number of pyridine rings is 1. The molecule has 0 saturated heterocycles. The second-order valence-corrected chi connectivity index (χ2v) is 3.24. The predicted octanol–water partition coefficient (Wildman–Crippen LogP) is 0.00272. The maximum atomic E-state index is 11.1. The van der Waals surface area contributed by atoms with Gasteiger partial charge in [-0.1, -0.05) is 6.07 Å². The number of aliphatic carboxylic acids is 1. The van der Waals surface area contributed by atoms with Gasteiger partial charge in [0.05, 0.1) is 6.54 Å². The summed E-state index contributed by atoms with van der Waals surface area (Å²) in [6.45, 7) is 1.54. The molecule has 0 aliphatic carbocycles. The first-order valence-corrected chi connectivity index (χ1v) is 4.73. The van der Waals surface area contributed by atoms with E-state index in [0.29, 0.717) is 5.82 Å². The van der Waals surface area contributed by atoms with Crippen LogP contribution in [0.4, 0.5) is 5.82 Å². The quantitative estimate of drug-likeness (QED) is 0.653. The zero-order valence-corrected chi connectivity index (χ0v) is 8.86. The largest absolute Gasteiger partial charge is 0.480 e. The van der Waals surface area contributed by atoms with Crippen LogP contribution in [0.1, 0.15) is 5.56 Å². The van der Waals surface area contributed by atoms with Crippen molar-refractivity contribution in [3.8, 4) is 0 Å². The molecule has 6 heteroatoms. The molecule has 0 spiro atoms. The Labute approximate surface area is 92.7 Å². The van der Waals surface area contributed by atoms with E-state index < -0.39 is 5.97 Å². The third-order valence-electron chi connectivity index (χ3n) is 1.78. The number of hydrogen-bond donors (Lipinski definition) is 3. The van der Waals surface area contributed by atoms with Gasteiger partial charge in [-0.2, -0.15) is 0 Å². The second kappa shape index (κ2) is 5.69. The molecule has 0 aliphatic rings. The van der Waals surface area contributed by atoms with Gasteiger partial charge in [0.15, 0.2) is 0 Å².